The van der Waals surface area contributed by atoms with Gasteiger partial charge in [-0.3, -0.25) is 4.99 Å². The molecule has 1 heterocycles. The third kappa shape index (κ3) is 3.40. The Balaban J connectivity index is 1.67. The number of guanidine groups is 1. The fraction of sp³-hybridized carbons (Fsp3) is 0.917. The van der Waals surface area contributed by atoms with Crippen molar-refractivity contribution in [1.82, 2.24) is 10.6 Å². The molecule has 2 rings (SSSR count). The summed E-state index contributed by atoms with van der Waals surface area (Å²) in [6, 6.07) is 0. The first-order chi connectivity index (χ1) is 7.34. The molecule has 0 aromatic carbocycles. The number of aliphatic imine (C=N–C) groups is 1. The van der Waals surface area contributed by atoms with E-state index in [0.717, 1.165) is 37.4 Å². The Labute approximate surface area is 92.7 Å². The largest absolute Gasteiger partial charge is 0.356 e. The summed E-state index contributed by atoms with van der Waals surface area (Å²) in [5, 5.41) is 6.75. The molecule has 86 valence electrons. The van der Waals surface area contributed by atoms with E-state index in [1.54, 1.807) is 0 Å². The minimum absolute atomic E-state index is 0.868. The first-order valence-electron chi connectivity index (χ1n) is 6.37. The molecule has 0 unspecified atom stereocenters. The average Bonchev–Trinajstić information content (AvgIpc) is 2.30. The maximum Gasteiger partial charge on any atom is 0.191 e. The van der Waals surface area contributed by atoms with Gasteiger partial charge in [0.05, 0.1) is 0 Å². The van der Waals surface area contributed by atoms with Crippen LogP contribution in [0.25, 0.3) is 0 Å². The van der Waals surface area contributed by atoms with Crippen LogP contribution in [-0.2, 0) is 0 Å². The Morgan fingerprint density at radius 1 is 1.33 bits per heavy atom. The van der Waals surface area contributed by atoms with Crippen molar-refractivity contribution >= 4 is 5.96 Å². The lowest BCUT2D eigenvalue weighted by Gasteiger charge is -2.27. The Morgan fingerprint density at radius 3 is 2.80 bits per heavy atom. The van der Waals surface area contributed by atoms with Crippen molar-refractivity contribution in [3.63, 3.8) is 0 Å². The second-order valence-electron chi connectivity index (χ2n) is 5.02. The van der Waals surface area contributed by atoms with E-state index in [1.165, 1.54) is 32.1 Å². The molecular weight excluding hydrogens is 186 g/mol. The van der Waals surface area contributed by atoms with Crippen molar-refractivity contribution in [3.05, 3.63) is 0 Å². The van der Waals surface area contributed by atoms with Crippen LogP contribution in [0.4, 0.5) is 0 Å². The van der Waals surface area contributed by atoms with Crippen molar-refractivity contribution < 1.29 is 0 Å². The number of hydrogen-bond donors (Lipinski definition) is 2. The first-order valence-corrected chi connectivity index (χ1v) is 6.37. The second kappa shape index (κ2) is 5.38. The molecule has 0 bridgehead atoms. The predicted molar refractivity (Wildman–Crippen MR) is 64.0 cm³/mol. The smallest absolute Gasteiger partial charge is 0.191 e. The lowest BCUT2D eigenvalue weighted by Crippen LogP contribution is -2.43. The number of hydrogen-bond acceptors (Lipinski definition) is 3. The zero-order valence-corrected chi connectivity index (χ0v) is 9.76. The molecular formula is C12H23N3. The molecule has 0 atom stereocenters. The van der Waals surface area contributed by atoms with E-state index in [-0.39, 0.29) is 0 Å². The molecule has 1 fully saturated rings. The Hall–Kier alpha value is -0.730. The van der Waals surface area contributed by atoms with E-state index in [2.05, 4.69) is 22.5 Å². The van der Waals surface area contributed by atoms with Crippen LogP contribution in [0.2, 0.25) is 0 Å². The van der Waals surface area contributed by atoms with Gasteiger partial charge in [-0.15, -0.1) is 0 Å². The van der Waals surface area contributed by atoms with Crippen LogP contribution in [0, 0.1) is 11.8 Å². The number of nitrogens with one attached hydrogen (secondary N) is 2. The van der Waals surface area contributed by atoms with Gasteiger partial charge in [-0.25, -0.2) is 0 Å². The van der Waals surface area contributed by atoms with Crippen LogP contribution >= 0.6 is 0 Å². The van der Waals surface area contributed by atoms with Crippen molar-refractivity contribution in [3.8, 4) is 0 Å². The van der Waals surface area contributed by atoms with Gasteiger partial charge in [0, 0.05) is 19.6 Å². The van der Waals surface area contributed by atoms with Gasteiger partial charge in [0.2, 0.25) is 0 Å². The quantitative estimate of drug-likeness (QED) is 0.727. The fourth-order valence-corrected chi connectivity index (χ4v) is 2.43. The number of rotatable bonds is 2. The van der Waals surface area contributed by atoms with Crippen molar-refractivity contribution in [2.45, 2.75) is 39.0 Å². The van der Waals surface area contributed by atoms with Crippen LogP contribution in [0.1, 0.15) is 39.0 Å². The predicted octanol–water partition coefficient (Wildman–Crippen LogP) is 1.75. The lowest BCUT2D eigenvalue weighted by atomic mass is 9.83. The average molecular weight is 209 g/mol. The summed E-state index contributed by atoms with van der Waals surface area (Å²) < 4.78 is 0. The molecule has 3 nitrogen and oxygen atoms in total. The molecule has 0 aromatic rings. The van der Waals surface area contributed by atoms with Gasteiger partial charge in [0.15, 0.2) is 5.96 Å². The highest BCUT2D eigenvalue weighted by Crippen LogP contribution is 2.27. The topological polar surface area (TPSA) is 36.4 Å². The van der Waals surface area contributed by atoms with E-state index in [1.807, 2.05) is 0 Å². The maximum absolute atomic E-state index is 4.42. The van der Waals surface area contributed by atoms with E-state index in [4.69, 9.17) is 0 Å². The Kier molecular flexibility index (Phi) is 3.87. The molecule has 0 saturated heterocycles. The Morgan fingerprint density at radius 2 is 2.13 bits per heavy atom. The summed E-state index contributed by atoms with van der Waals surface area (Å²) in [5.41, 5.74) is 0. The minimum atomic E-state index is 0.868. The van der Waals surface area contributed by atoms with Crippen molar-refractivity contribution in [2.75, 3.05) is 19.6 Å². The summed E-state index contributed by atoms with van der Waals surface area (Å²) in [6.07, 6.45) is 6.77. The van der Waals surface area contributed by atoms with Crippen molar-refractivity contribution in [2.24, 2.45) is 16.8 Å². The van der Waals surface area contributed by atoms with Crippen LogP contribution < -0.4 is 10.6 Å². The highest BCUT2D eigenvalue weighted by molar-refractivity contribution is 5.80. The standard InChI is InChI=1S/C12H23N3/c1-10-3-5-11(6-4-10)9-15-12-13-7-2-8-14-12/h10-11H,2-9H2,1H3,(H2,13,14,15). The molecule has 3 heteroatoms. The molecule has 2 N–H and O–H groups in total. The minimum Gasteiger partial charge on any atom is -0.356 e. The van der Waals surface area contributed by atoms with E-state index >= 15 is 0 Å². The molecule has 1 aliphatic heterocycles. The van der Waals surface area contributed by atoms with Gasteiger partial charge in [0.1, 0.15) is 0 Å². The highest BCUT2D eigenvalue weighted by Gasteiger charge is 2.18. The highest BCUT2D eigenvalue weighted by atomic mass is 15.2. The summed E-state index contributed by atoms with van der Waals surface area (Å²) in [6.45, 7) is 5.54. The van der Waals surface area contributed by atoms with Crippen LogP contribution in [0.5, 0.6) is 0 Å². The van der Waals surface area contributed by atoms with E-state index < -0.39 is 0 Å². The molecule has 0 amide bonds. The molecule has 1 aliphatic carbocycles. The third-order valence-electron chi connectivity index (χ3n) is 3.59. The normalized spacial score (nSPS) is 31.7. The summed E-state index contributed by atoms with van der Waals surface area (Å²) in [5.74, 6) is 2.85. The molecule has 2 aliphatic rings. The molecule has 0 aromatic heterocycles. The Bertz CT molecular complexity index is 217. The van der Waals surface area contributed by atoms with Crippen LogP contribution in [0.3, 0.4) is 0 Å². The SMILES string of the molecule is CC1CCC(CNC2=NCCCN2)CC1. The fourth-order valence-electron chi connectivity index (χ4n) is 2.43. The zero-order valence-electron chi connectivity index (χ0n) is 9.76. The van der Waals surface area contributed by atoms with Gasteiger partial charge in [-0.05, 0) is 31.1 Å². The van der Waals surface area contributed by atoms with Crippen LogP contribution in [0.15, 0.2) is 4.99 Å². The van der Waals surface area contributed by atoms with Gasteiger partial charge < -0.3 is 10.6 Å². The third-order valence-corrected chi connectivity index (χ3v) is 3.59. The molecule has 0 radical (unpaired) electrons. The van der Waals surface area contributed by atoms with Crippen molar-refractivity contribution in [1.29, 1.82) is 0 Å². The monoisotopic (exact) mass is 209 g/mol. The summed E-state index contributed by atoms with van der Waals surface area (Å²) in [4.78, 5) is 4.42. The lowest BCUT2D eigenvalue weighted by molar-refractivity contribution is 0.289. The first kappa shape index (κ1) is 10.8. The van der Waals surface area contributed by atoms with Gasteiger partial charge in [-0.1, -0.05) is 19.8 Å². The van der Waals surface area contributed by atoms with E-state index in [9.17, 15) is 0 Å². The summed E-state index contributed by atoms with van der Waals surface area (Å²) >= 11 is 0. The number of nitrogens with zero attached hydrogens (tertiary/aromatic N) is 1. The van der Waals surface area contributed by atoms with Gasteiger partial charge in [-0.2, -0.15) is 0 Å². The second-order valence-corrected chi connectivity index (χ2v) is 5.02. The summed E-state index contributed by atoms with van der Waals surface area (Å²) in [7, 11) is 0. The van der Waals surface area contributed by atoms with Crippen LogP contribution in [-0.4, -0.2) is 25.6 Å². The zero-order chi connectivity index (χ0) is 10.5. The van der Waals surface area contributed by atoms with Gasteiger partial charge >= 0.3 is 0 Å². The molecule has 0 spiro atoms. The maximum atomic E-state index is 4.42. The van der Waals surface area contributed by atoms with E-state index in [0.29, 0.717) is 0 Å². The molecule has 15 heavy (non-hydrogen) atoms. The molecule has 1 saturated carbocycles. The van der Waals surface area contributed by atoms with Gasteiger partial charge in [0.25, 0.3) is 0 Å².